The third kappa shape index (κ3) is 4.55. The van der Waals surface area contributed by atoms with Gasteiger partial charge in [0, 0.05) is 26.2 Å². The van der Waals surface area contributed by atoms with E-state index < -0.39 is 0 Å². The summed E-state index contributed by atoms with van der Waals surface area (Å²) in [6.45, 7) is 8.19. The van der Waals surface area contributed by atoms with Gasteiger partial charge in [0.05, 0.1) is 12.1 Å². The van der Waals surface area contributed by atoms with Crippen LogP contribution in [-0.4, -0.2) is 55.0 Å². The van der Waals surface area contributed by atoms with Gasteiger partial charge in [0.2, 0.25) is 5.91 Å². The van der Waals surface area contributed by atoms with E-state index in [0.29, 0.717) is 0 Å². The molecule has 1 aromatic carbocycles. The average Bonchev–Trinajstić information content (AvgIpc) is 2.55. The highest BCUT2D eigenvalue weighted by Gasteiger charge is 2.26. The second-order valence-corrected chi connectivity index (χ2v) is 6.28. The van der Waals surface area contributed by atoms with Crippen LogP contribution in [0, 0.1) is 0 Å². The van der Waals surface area contributed by atoms with Crippen molar-refractivity contribution < 1.29 is 4.79 Å². The molecule has 1 amide bonds. The molecule has 1 heterocycles. The Morgan fingerprint density at radius 3 is 2.41 bits per heavy atom. The van der Waals surface area contributed by atoms with Crippen LogP contribution >= 0.6 is 0 Å². The molecule has 1 aliphatic heterocycles. The molecule has 4 nitrogen and oxygen atoms in total. The first kappa shape index (κ1) is 17.0. The summed E-state index contributed by atoms with van der Waals surface area (Å²) in [5.74, 6) is 0.145. The molecule has 0 bridgehead atoms. The first-order chi connectivity index (χ1) is 10.6. The van der Waals surface area contributed by atoms with E-state index in [1.807, 2.05) is 25.1 Å². The SMILES string of the molecule is CCC[C@H](NC(=O)[C@@H](C)N1CCN(C)CC1)c1ccccc1. The van der Waals surface area contributed by atoms with Gasteiger partial charge in [-0.05, 0) is 26.0 Å². The van der Waals surface area contributed by atoms with Crippen LogP contribution < -0.4 is 5.32 Å². The van der Waals surface area contributed by atoms with E-state index in [1.165, 1.54) is 5.56 Å². The van der Waals surface area contributed by atoms with Crippen LogP contribution in [0.3, 0.4) is 0 Å². The number of benzene rings is 1. The molecule has 1 aliphatic rings. The fraction of sp³-hybridized carbons (Fsp3) is 0.611. The first-order valence-electron chi connectivity index (χ1n) is 8.39. The molecule has 0 aliphatic carbocycles. The van der Waals surface area contributed by atoms with Crippen molar-refractivity contribution in [3.05, 3.63) is 35.9 Å². The van der Waals surface area contributed by atoms with Gasteiger partial charge in [-0.2, -0.15) is 0 Å². The summed E-state index contributed by atoms with van der Waals surface area (Å²) in [5, 5.41) is 3.25. The molecule has 0 unspecified atom stereocenters. The smallest absolute Gasteiger partial charge is 0.237 e. The Balaban J connectivity index is 1.95. The number of carbonyl (C=O) groups is 1. The molecular weight excluding hydrogens is 274 g/mol. The summed E-state index contributed by atoms with van der Waals surface area (Å²) < 4.78 is 0. The molecule has 0 aromatic heterocycles. The predicted octanol–water partition coefficient (Wildman–Crippen LogP) is 2.28. The van der Waals surface area contributed by atoms with Crippen LogP contribution in [0.25, 0.3) is 0 Å². The number of piperazine rings is 1. The topological polar surface area (TPSA) is 35.6 Å². The Bertz CT molecular complexity index is 455. The highest BCUT2D eigenvalue weighted by molar-refractivity contribution is 5.81. The normalized spacial score (nSPS) is 19.6. The average molecular weight is 303 g/mol. The Kier molecular flexibility index (Phi) is 6.40. The van der Waals surface area contributed by atoms with E-state index in [4.69, 9.17) is 0 Å². The highest BCUT2D eigenvalue weighted by atomic mass is 16.2. The van der Waals surface area contributed by atoms with Crippen LogP contribution in [0.15, 0.2) is 30.3 Å². The molecule has 1 N–H and O–H groups in total. The lowest BCUT2D eigenvalue weighted by atomic mass is 10.0. The molecule has 1 saturated heterocycles. The number of nitrogens with one attached hydrogen (secondary N) is 1. The molecular formula is C18H29N3O. The van der Waals surface area contributed by atoms with E-state index in [0.717, 1.165) is 39.0 Å². The molecule has 22 heavy (non-hydrogen) atoms. The second kappa shape index (κ2) is 8.30. The van der Waals surface area contributed by atoms with Crippen molar-refractivity contribution in [1.82, 2.24) is 15.1 Å². The highest BCUT2D eigenvalue weighted by Crippen LogP contribution is 2.18. The second-order valence-electron chi connectivity index (χ2n) is 6.28. The van der Waals surface area contributed by atoms with Crippen molar-refractivity contribution in [2.75, 3.05) is 33.2 Å². The standard InChI is InChI=1S/C18H29N3O/c1-4-8-17(16-9-6-5-7-10-16)19-18(22)15(2)21-13-11-20(3)12-14-21/h5-7,9-10,15,17H,4,8,11-14H2,1-3H3,(H,19,22)/t15-,17+/m1/s1. The van der Waals surface area contributed by atoms with Crippen molar-refractivity contribution in [2.45, 2.75) is 38.8 Å². The van der Waals surface area contributed by atoms with Crippen molar-refractivity contribution in [2.24, 2.45) is 0 Å². The summed E-state index contributed by atoms with van der Waals surface area (Å²) in [7, 11) is 2.13. The zero-order chi connectivity index (χ0) is 15.9. The predicted molar refractivity (Wildman–Crippen MR) is 90.8 cm³/mol. The molecule has 0 saturated carbocycles. The molecule has 0 radical (unpaired) electrons. The third-order valence-corrected chi connectivity index (χ3v) is 4.56. The van der Waals surface area contributed by atoms with Gasteiger partial charge in [-0.25, -0.2) is 0 Å². The summed E-state index contributed by atoms with van der Waals surface area (Å²) in [6.07, 6.45) is 2.04. The molecule has 2 atom stereocenters. The van der Waals surface area contributed by atoms with E-state index in [1.54, 1.807) is 0 Å². The summed E-state index contributed by atoms with van der Waals surface area (Å²) in [6, 6.07) is 10.3. The van der Waals surface area contributed by atoms with Crippen molar-refractivity contribution in [3.8, 4) is 0 Å². The summed E-state index contributed by atoms with van der Waals surface area (Å²) in [5.41, 5.74) is 1.20. The fourth-order valence-electron chi connectivity index (χ4n) is 2.96. The monoisotopic (exact) mass is 303 g/mol. The number of nitrogens with zero attached hydrogens (tertiary/aromatic N) is 2. The van der Waals surface area contributed by atoms with Gasteiger partial charge in [-0.3, -0.25) is 9.69 Å². The Morgan fingerprint density at radius 1 is 1.18 bits per heavy atom. The summed E-state index contributed by atoms with van der Waals surface area (Å²) >= 11 is 0. The van der Waals surface area contributed by atoms with Gasteiger partial charge in [0.1, 0.15) is 0 Å². The van der Waals surface area contributed by atoms with E-state index in [-0.39, 0.29) is 18.0 Å². The number of rotatable bonds is 6. The number of carbonyl (C=O) groups excluding carboxylic acids is 1. The maximum absolute atomic E-state index is 12.6. The fourth-order valence-corrected chi connectivity index (χ4v) is 2.96. The largest absolute Gasteiger partial charge is 0.348 e. The minimum atomic E-state index is -0.0585. The quantitative estimate of drug-likeness (QED) is 0.876. The molecule has 1 fully saturated rings. The van der Waals surface area contributed by atoms with Crippen LogP contribution in [0.4, 0.5) is 0 Å². The van der Waals surface area contributed by atoms with Gasteiger partial charge in [-0.1, -0.05) is 43.7 Å². The lowest BCUT2D eigenvalue weighted by Gasteiger charge is -2.36. The van der Waals surface area contributed by atoms with Crippen molar-refractivity contribution >= 4 is 5.91 Å². The van der Waals surface area contributed by atoms with E-state index in [2.05, 4.69) is 41.2 Å². The molecule has 1 aromatic rings. The zero-order valence-electron chi connectivity index (χ0n) is 14.1. The van der Waals surface area contributed by atoms with Crippen molar-refractivity contribution in [3.63, 3.8) is 0 Å². The molecule has 122 valence electrons. The van der Waals surface area contributed by atoms with Gasteiger partial charge < -0.3 is 10.2 Å². The van der Waals surface area contributed by atoms with E-state index >= 15 is 0 Å². The van der Waals surface area contributed by atoms with Crippen molar-refractivity contribution in [1.29, 1.82) is 0 Å². The van der Waals surface area contributed by atoms with Gasteiger partial charge >= 0.3 is 0 Å². The lowest BCUT2D eigenvalue weighted by Crippen LogP contribution is -2.53. The Labute approximate surface area is 134 Å². The third-order valence-electron chi connectivity index (χ3n) is 4.56. The number of hydrogen-bond donors (Lipinski definition) is 1. The first-order valence-corrected chi connectivity index (χ1v) is 8.39. The minimum absolute atomic E-state index is 0.0585. The van der Waals surface area contributed by atoms with Gasteiger partial charge in [0.25, 0.3) is 0 Å². The Hall–Kier alpha value is -1.39. The lowest BCUT2D eigenvalue weighted by molar-refractivity contribution is -0.127. The summed E-state index contributed by atoms with van der Waals surface area (Å²) in [4.78, 5) is 17.2. The van der Waals surface area contributed by atoms with Gasteiger partial charge in [-0.15, -0.1) is 0 Å². The number of amides is 1. The van der Waals surface area contributed by atoms with Crippen LogP contribution in [0.2, 0.25) is 0 Å². The Morgan fingerprint density at radius 2 is 1.82 bits per heavy atom. The van der Waals surface area contributed by atoms with Crippen LogP contribution in [-0.2, 0) is 4.79 Å². The maximum atomic E-state index is 12.6. The maximum Gasteiger partial charge on any atom is 0.237 e. The van der Waals surface area contributed by atoms with Crippen LogP contribution in [0.5, 0.6) is 0 Å². The minimum Gasteiger partial charge on any atom is -0.348 e. The molecule has 4 heteroatoms. The zero-order valence-corrected chi connectivity index (χ0v) is 14.1. The van der Waals surface area contributed by atoms with Gasteiger partial charge in [0.15, 0.2) is 0 Å². The number of hydrogen-bond acceptors (Lipinski definition) is 3. The van der Waals surface area contributed by atoms with E-state index in [9.17, 15) is 4.79 Å². The number of likely N-dealkylation sites (N-methyl/N-ethyl adjacent to an activating group) is 1. The molecule has 0 spiro atoms. The van der Waals surface area contributed by atoms with Crippen LogP contribution in [0.1, 0.15) is 38.3 Å². The molecule has 2 rings (SSSR count).